The molecule has 244 valence electrons. The summed E-state index contributed by atoms with van der Waals surface area (Å²) in [6.45, 7) is 13.3. The van der Waals surface area contributed by atoms with Gasteiger partial charge in [-0.3, -0.25) is 4.57 Å². The van der Waals surface area contributed by atoms with E-state index in [2.05, 4.69) is 51.5 Å². The number of hydrogen-bond acceptors (Lipinski definition) is 12. The maximum absolute atomic E-state index is 12.7. The van der Waals surface area contributed by atoms with Crippen LogP contribution in [-0.2, 0) is 27.4 Å². The monoisotopic (exact) mass is 672 g/mol. The van der Waals surface area contributed by atoms with Crippen molar-refractivity contribution in [1.29, 1.82) is 0 Å². The molecule has 3 heterocycles. The van der Waals surface area contributed by atoms with Gasteiger partial charge in [0.25, 0.3) is 0 Å². The molecule has 0 atom stereocenters. The number of nitrogens with zero attached hydrogens (tertiary/aromatic N) is 6. The number of carbonyl (C=O) groups is 1. The predicted molar refractivity (Wildman–Crippen MR) is 183 cm³/mol. The molecule has 0 radical (unpaired) electrons. The van der Waals surface area contributed by atoms with Gasteiger partial charge in [0.1, 0.15) is 6.73 Å². The lowest BCUT2D eigenvalue weighted by atomic mass is 10.2. The molecule has 0 aliphatic heterocycles. The van der Waals surface area contributed by atoms with E-state index >= 15 is 0 Å². The number of aromatic nitrogens is 4. The highest BCUT2D eigenvalue weighted by molar-refractivity contribution is 7.16. The van der Waals surface area contributed by atoms with E-state index in [9.17, 15) is 9.90 Å². The van der Waals surface area contributed by atoms with E-state index in [-0.39, 0.29) is 18.9 Å². The molecule has 0 fully saturated rings. The Bertz CT molecular complexity index is 1630. The molecular formula is C31H44N6O5S2Si. The van der Waals surface area contributed by atoms with Gasteiger partial charge in [-0.05, 0) is 62.9 Å². The smallest absolute Gasteiger partial charge is 0.358 e. The first kappa shape index (κ1) is 34.9. The number of anilines is 2. The summed E-state index contributed by atoms with van der Waals surface area (Å²) in [5, 5.41) is 19.2. The van der Waals surface area contributed by atoms with Crippen LogP contribution in [0.4, 0.5) is 16.8 Å². The molecule has 14 heteroatoms. The lowest BCUT2D eigenvalue weighted by Gasteiger charge is -2.20. The van der Waals surface area contributed by atoms with Crippen molar-refractivity contribution in [2.75, 3.05) is 45.0 Å². The standard InChI is InChI=1S/C31H44N6O5S2Si/c1-7-42-29(39)27-25(14-10-16-38)44-30(32-27)36(15-11-17-40-3)26-20-22(2)28(35-34-26)33-31-37(21-41-18-19-45(4,5)6)23-12-8-9-13-24(23)43-31/h8-9,12-13,20,38H,7,10-11,14-19,21H2,1-6H3. The zero-order chi connectivity index (χ0) is 32.4. The highest BCUT2D eigenvalue weighted by Crippen LogP contribution is 2.33. The molecule has 0 aliphatic carbocycles. The number of methoxy groups -OCH3 is 1. The van der Waals surface area contributed by atoms with Gasteiger partial charge in [-0.2, -0.15) is 4.99 Å². The van der Waals surface area contributed by atoms with Crippen molar-refractivity contribution in [2.24, 2.45) is 4.99 Å². The van der Waals surface area contributed by atoms with E-state index in [0.29, 0.717) is 55.9 Å². The Kier molecular flexibility index (Phi) is 12.8. The second-order valence-corrected chi connectivity index (χ2v) is 19.5. The molecule has 4 rings (SSSR count). The van der Waals surface area contributed by atoms with Crippen molar-refractivity contribution >= 4 is 63.7 Å². The third-order valence-electron chi connectivity index (χ3n) is 6.91. The van der Waals surface area contributed by atoms with Crippen molar-refractivity contribution in [3.8, 4) is 0 Å². The first-order valence-electron chi connectivity index (χ1n) is 15.2. The summed E-state index contributed by atoms with van der Waals surface area (Å²) in [5.41, 5.74) is 2.20. The number of para-hydroxylation sites is 1. The molecule has 1 N–H and O–H groups in total. The molecule has 0 saturated heterocycles. The largest absolute Gasteiger partial charge is 0.461 e. The average molecular weight is 673 g/mol. The molecule has 0 unspecified atom stereocenters. The average Bonchev–Trinajstić information content (AvgIpc) is 3.58. The van der Waals surface area contributed by atoms with Crippen LogP contribution in [0.5, 0.6) is 0 Å². The molecule has 11 nitrogen and oxygen atoms in total. The quantitative estimate of drug-likeness (QED) is 0.0808. The maximum Gasteiger partial charge on any atom is 0.358 e. The number of rotatable bonds is 17. The van der Waals surface area contributed by atoms with Crippen molar-refractivity contribution < 1.29 is 24.1 Å². The van der Waals surface area contributed by atoms with Crippen molar-refractivity contribution in [2.45, 2.75) is 65.5 Å². The van der Waals surface area contributed by atoms with Gasteiger partial charge < -0.3 is 24.2 Å². The SMILES string of the molecule is CCOC(=O)c1nc(N(CCCOC)c2cc(C)c(N=c3sc4ccccc4n3COCC[Si](C)(C)C)nn2)sc1CCCO. The van der Waals surface area contributed by atoms with Gasteiger partial charge in [-0.15, -0.1) is 21.5 Å². The molecule has 4 aromatic rings. The lowest BCUT2D eigenvalue weighted by Crippen LogP contribution is -2.23. The van der Waals surface area contributed by atoms with E-state index in [4.69, 9.17) is 19.2 Å². The number of aryl methyl sites for hydroxylation is 2. The number of esters is 1. The summed E-state index contributed by atoms with van der Waals surface area (Å²) in [5.74, 6) is 0.648. The highest BCUT2D eigenvalue weighted by Gasteiger charge is 2.24. The number of fused-ring (bicyclic) bond motifs is 1. The predicted octanol–water partition coefficient (Wildman–Crippen LogP) is 6.08. The molecule has 0 saturated carbocycles. The number of ether oxygens (including phenoxy) is 3. The van der Waals surface area contributed by atoms with Gasteiger partial charge in [0.15, 0.2) is 27.3 Å². The third kappa shape index (κ3) is 9.50. The minimum Gasteiger partial charge on any atom is -0.461 e. The van der Waals surface area contributed by atoms with Gasteiger partial charge in [0.2, 0.25) is 0 Å². The lowest BCUT2D eigenvalue weighted by molar-refractivity contribution is 0.0519. The van der Waals surface area contributed by atoms with Crippen LogP contribution in [0.1, 0.15) is 40.7 Å². The van der Waals surface area contributed by atoms with E-state index in [0.717, 1.165) is 38.1 Å². The number of aliphatic hydroxyl groups is 1. The van der Waals surface area contributed by atoms with Crippen LogP contribution in [0.2, 0.25) is 25.7 Å². The first-order chi connectivity index (χ1) is 21.6. The van der Waals surface area contributed by atoms with Crippen molar-refractivity contribution in [3.63, 3.8) is 0 Å². The molecule has 45 heavy (non-hydrogen) atoms. The van der Waals surface area contributed by atoms with Crippen LogP contribution in [0.25, 0.3) is 10.2 Å². The van der Waals surface area contributed by atoms with Crippen molar-refractivity contribution in [3.05, 3.63) is 51.3 Å². The Morgan fingerprint density at radius 1 is 1.13 bits per heavy atom. The Labute approximate surface area is 273 Å². The molecule has 1 aromatic carbocycles. The zero-order valence-corrected chi connectivity index (χ0v) is 29.7. The fraction of sp³-hybridized carbons (Fsp3) is 0.516. The van der Waals surface area contributed by atoms with Gasteiger partial charge >= 0.3 is 5.97 Å². The second-order valence-electron chi connectivity index (χ2n) is 11.8. The molecule has 0 aliphatic rings. The number of hydrogen-bond donors (Lipinski definition) is 1. The van der Waals surface area contributed by atoms with Crippen molar-refractivity contribution in [1.82, 2.24) is 19.7 Å². The van der Waals surface area contributed by atoms with Crippen LogP contribution in [0.3, 0.4) is 0 Å². The van der Waals surface area contributed by atoms with E-state index in [1.54, 1.807) is 25.4 Å². The van der Waals surface area contributed by atoms with Gasteiger partial charge in [0.05, 0.1) is 16.8 Å². The fourth-order valence-corrected chi connectivity index (χ4v) is 7.36. The Morgan fingerprint density at radius 3 is 2.64 bits per heavy atom. The number of thiazole rings is 2. The molecule has 0 spiro atoms. The van der Waals surface area contributed by atoms with Gasteiger partial charge in [-0.25, -0.2) is 9.78 Å². The molecule has 0 amide bonds. The van der Waals surface area contributed by atoms with Gasteiger partial charge in [-0.1, -0.05) is 43.1 Å². The number of carbonyl (C=O) groups excluding carboxylic acids is 1. The van der Waals surface area contributed by atoms with Gasteiger partial charge in [0, 0.05) is 46.4 Å². The maximum atomic E-state index is 12.7. The third-order valence-corrected chi connectivity index (χ3v) is 10.8. The fourth-order valence-electron chi connectivity index (χ4n) is 4.46. The molecular weight excluding hydrogens is 629 g/mol. The second kappa shape index (κ2) is 16.5. The van der Waals surface area contributed by atoms with E-state index in [1.165, 1.54) is 11.3 Å². The zero-order valence-electron chi connectivity index (χ0n) is 27.0. The Balaban J connectivity index is 1.69. The van der Waals surface area contributed by atoms with Crippen LogP contribution in [0, 0.1) is 6.92 Å². The summed E-state index contributed by atoms with van der Waals surface area (Å²) < 4.78 is 19.9. The molecule has 3 aromatic heterocycles. The van der Waals surface area contributed by atoms with E-state index in [1.807, 2.05) is 30.0 Å². The summed E-state index contributed by atoms with van der Waals surface area (Å²) in [6.07, 6.45) is 1.75. The van der Waals surface area contributed by atoms with E-state index < -0.39 is 14.0 Å². The Morgan fingerprint density at radius 2 is 1.93 bits per heavy atom. The molecule has 0 bridgehead atoms. The first-order valence-corrected chi connectivity index (χ1v) is 20.6. The van der Waals surface area contributed by atoms with Crippen LogP contribution in [-0.4, -0.2) is 79.0 Å². The number of aliphatic hydroxyl groups excluding tert-OH is 1. The van der Waals surface area contributed by atoms with Crippen LogP contribution < -0.4 is 9.70 Å². The number of benzene rings is 1. The van der Waals surface area contributed by atoms with Crippen LogP contribution >= 0.6 is 22.7 Å². The summed E-state index contributed by atoms with van der Waals surface area (Å²) >= 11 is 2.99. The minimum atomic E-state index is -1.20. The summed E-state index contributed by atoms with van der Waals surface area (Å²) in [6, 6.07) is 11.3. The summed E-state index contributed by atoms with van der Waals surface area (Å²) in [7, 11) is 0.460. The minimum absolute atomic E-state index is 0.0209. The Hall–Kier alpha value is -3.01. The summed E-state index contributed by atoms with van der Waals surface area (Å²) in [4.78, 5) is 25.9. The highest BCUT2D eigenvalue weighted by atomic mass is 32.1. The topological polar surface area (TPSA) is 124 Å². The normalized spacial score (nSPS) is 12.3. The van der Waals surface area contributed by atoms with Crippen LogP contribution in [0.15, 0.2) is 35.3 Å².